The van der Waals surface area contributed by atoms with Gasteiger partial charge in [-0.25, -0.2) is 0 Å². The van der Waals surface area contributed by atoms with Crippen molar-refractivity contribution in [3.63, 3.8) is 0 Å². The van der Waals surface area contributed by atoms with Gasteiger partial charge in [0.1, 0.15) is 0 Å². The van der Waals surface area contributed by atoms with E-state index in [-0.39, 0.29) is 17.9 Å². The van der Waals surface area contributed by atoms with Crippen LogP contribution in [0.15, 0.2) is 38.6 Å². The first-order valence-electron chi connectivity index (χ1n) is 5.38. The van der Waals surface area contributed by atoms with Gasteiger partial charge >= 0.3 is 135 Å². The van der Waals surface area contributed by atoms with Gasteiger partial charge in [-0.2, -0.15) is 0 Å². The quantitative estimate of drug-likeness (QED) is 0.220. The molecule has 0 unspecified atom stereocenters. The summed E-state index contributed by atoms with van der Waals surface area (Å²) in [6, 6.07) is 4.85. The van der Waals surface area contributed by atoms with Crippen molar-refractivity contribution in [1.82, 2.24) is 9.65 Å². The van der Waals surface area contributed by atoms with Crippen LogP contribution in [0.3, 0.4) is 0 Å². The molecule has 20 heavy (non-hydrogen) atoms. The van der Waals surface area contributed by atoms with E-state index in [4.69, 9.17) is 5.21 Å². The van der Waals surface area contributed by atoms with E-state index in [2.05, 4.69) is 30.7 Å². The number of nitrogens with one attached hydrogen (secondary N) is 2. The molecule has 1 aromatic carbocycles. The Balaban J connectivity index is 2.04. The molecular formula is C11H10BrN3O3Se2. The fourth-order valence-corrected chi connectivity index (χ4v) is 6.38. The number of phenolic OH excluding ortho intramolecular Hbond substituents is 1. The summed E-state index contributed by atoms with van der Waals surface area (Å²) in [5, 5.41) is 24.1. The van der Waals surface area contributed by atoms with E-state index in [9.17, 15) is 9.90 Å². The number of halogens is 1. The second-order valence-electron chi connectivity index (χ2n) is 3.78. The van der Waals surface area contributed by atoms with Crippen LogP contribution in [0.4, 0.5) is 0 Å². The maximum atomic E-state index is 12.0. The van der Waals surface area contributed by atoms with Crippen LogP contribution in [0.1, 0.15) is 5.56 Å². The number of rotatable bonds is 4. The molecule has 0 spiro atoms. The van der Waals surface area contributed by atoms with Gasteiger partial charge in [0, 0.05) is 0 Å². The normalized spacial score (nSPS) is 14.7. The number of phenols is 1. The number of aromatic hydroxyl groups is 1. The van der Waals surface area contributed by atoms with Gasteiger partial charge in [-0.15, -0.1) is 0 Å². The molecule has 1 aliphatic rings. The van der Waals surface area contributed by atoms with Gasteiger partial charge in [-0.3, -0.25) is 0 Å². The molecule has 2 rings (SSSR count). The number of oxime groups is 1. The number of nitrogens with zero attached hydrogens (tertiary/aromatic N) is 1. The first kappa shape index (κ1) is 15.4. The number of hydrogen-bond acceptors (Lipinski definition) is 5. The minimum absolute atomic E-state index is 0.0113. The zero-order chi connectivity index (χ0) is 14.5. The second kappa shape index (κ2) is 7.15. The van der Waals surface area contributed by atoms with Gasteiger partial charge in [-0.05, 0) is 0 Å². The van der Waals surface area contributed by atoms with Crippen molar-refractivity contribution in [3.05, 3.63) is 39.0 Å². The van der Waals surface area contributed by atoms with E-state index in [0.717, 1.165) is 5.56 Å². The number of benzene rings is 1. The van der Waals surface area contributed by atoms with Gasteiger partial charge in [0.2, 0.25) is 0 Å². The van der Waals surface area contributed by atoms with Crippen molar-refractivity contribution in [1.29, 1.82) is 0 Å². The Morgan fingerprint density at radius 2 is 2.30 bits per heavy atom. The molecule has 0 bridgehead atoms. The monoisotopic (exact) mass is 471 g/mol. The third kappa shape index (κ3) is 4.01. The van der Waals surface area contributed by atoms with E-state index in [1.807, 2.05) is 4.97 Å². The van der Waals surface area contributed by atoms with E-state index < -0.39 is 5.91 Å². The Kier molecular flexibility index (Phi) is 5.51. The second-order valence-corrected chi connectivity index (χ2v) is 10.2. The van der Waals surface area contributed by atoms with Crippen LogP contribution in [0.25, 0.3) is 0 Å². The molecule has 0 saturated heterocycles. The fourth-order valence-electron chi connectivity index (χ4n) is 1.43. The molecule has 1 aliphatic heterocycles. The van der Waals surface area contributed by atoms with Gasteiger partial charge in [0.15, 0.2) is 0 Å². The summed E-state index contributed by atoms with van der Waals surface area (Å²) >= 11 is 3.95. The van der Waals surface area contributed by atoms with Gasteiger partial charge in [-0.1, -0.05) is 0 Å². The Morgan fingerprint density at radius 1 is 1.50 bits per heavy atom. The molecule has 0 saturated carbocycles. The zero-order valence-corrected chi connectivity index (χ0v) is 15.0. The van der Waals surface area contributed by atoms with E-state index in [1.165, 1.54) is 6.07 Å². The van der Waals surface area contributed by atoms with Gasteiger partial charge in [0.05, 0.1) is 0 Å². The molecular weight excluding hydrogens is 460 g/mol. The van der Waals surface area contributed by atoms with Crippen LogP contribution in [0.2, 0.25) is 0 Å². The zero-order valence-electron chi connectivity index (χ0n) is 9.96. The molecule has 4 N–H and O–H groups in total. The van der Waals surface area contributed by atoms with E-state index >= 15 is 0 Å². The van der Waals surface area contributed by atoms with Crippen LogP contribution in [0, 0.1) is 0 Å². The summed E-state index contributed by atoms with van der Waals surface area (Å²) in [7, 11) is 0. The molecule has 0 radical (unpaired) electrons. The van der Waals surface area contributed by atoms with Crippen molar-refractivity contribution in [2.45, 2.75) is 6.42 Å². The Labute approximate surface area is 134 Å². The van der Waals surface area contributed by atoms with E-state index in [1.54, 1.807) is 12.1 Å². The molecule has 1 amide bonds. The standard InChI is InChI=1S/C11H10BrN3O3Se2/c12-7-3-6(1-2-9(7)16)4-8(14-18)11(17)13-10-5-19-20-15-10/h1-3,5,15-16,18H,4H2,(H,13,17)/b14-8+. The van der Waals surface area contributed by atoms with Crippen LogP contribution in [-0.4, -0.2) is 48.4 Å². The van der Waals surface area contributed by atoms with Crippen molar-refractivity contribution in [2.75, 3.05) is 0 Å². The topological polar surface area (TPSA) is 94.0 Å². The summed E-state index contributed by atoms with van der Waals surface area (Å²) in [6.45, 7) is 0. The molecule has 0 fully saturated rings. The van der Waals surface area contributed by atoms with Gasteiger partial charge in [0.25, 0.3) is 0 Å². The Morgan fingerprint density at radius 3 is 2.90 bits per heavy atom. The summed E-state index contributed by atoms with van der Waals surface area (Å²) in [5.74, 6) is 0.359. The van der Waals surface area contributed by atoms with Crippen molar-refractivity contribution in [2.24, 2.45) is 5.16 Å². The summed E-state index contributed by atoms with van der Waals surface area (Å²) < 4.78 is 3.62. The third-order valence-corrected chi connectivity index (χ3v) is 7.56. The fraction of sp³-hybridized carbons (Fsp3) is 0.0909. The number of hydrogen-bond donors (Lipinski definition) is 4. The molecule has 106 valence electrons. The molecule has 1 aromatic rings. The van der Waals surface area contributed by atoms with Crippen molar-refractivity contribution >= 4 is 54.0 Å². The van der Waals surface area contributed by atoms with Gasteiger partial charge < -0.3 is 0 Å². The predicted octanol–water partition coefficient (Wildman–Crippen LogP) is 0.284. The van der Waals surface area contributed by atoms with Crippen molar-refractivity contribution < 1.29 is 15.1 Å². The first-order valence-corrected chi connectivity index (χ1v) is 12.4. The average molecular weight is 470 g/mol. The van der Waals surface area contributed by atoms with Crippen LogP contribution < -0.4 is 9.65 Å². The van der Waals surface area contributed by atoms with Crippen molar-refractivity contribution in [3.8, 4) is 5.75 Å². The molecule has 6 nitrogen and oxygen atoms in total. The molecule has 0 atom stereocenters. The number of carbonyl (C=O) groups is 1. The molecule has 9 heteroatoms. The average Bonchev–Trinajstić information content (AvgIpc) is 2.92. The molecule has 0 aliphatic carbocycles. The number of amides is 1. The van der Waals surface area contributed by atoms with Crippen LogP contribution in [0.5, 0.6) is 5.75 Å². The maximum absolute atomic E-state index is 12.0. The molecule has 1 heterocycles. The summed E-state index contributed by atoms with van der Waals surface area (Å²) in [5.41, 5.74) is 0.761. The minimum atomic E-state index is -0.441. The third-order valence-electron chi connectivity index (χ3n) is 2.38. The first-order chi connectivity index (χ1) is 9.60. The summed E-state index contributed by atoms with van der Waals surface area (Å²) in [4.78, 5) is 13.9. The van der Waals surface area contributed by atoms with Crippen LogP contribution in [-0.2, 0) is 11.2 Å². The Hall–Kier alpha value is -0.981. The predicted molar refractivity (Wildman–Crippen MR) is 79.6 cm³/mol. The SMILES string of the molecule is O=C(NC1=C[Se][Se]N1)/C(Cc1ccc(O)c(Br)c1)=N/O. The number of carbonyl (C=O) groups excluding carboxylic acids is 1. The summed E-state index contributed by atoms with van der Waals surface area (Å²) in [6.07, 6.45) is 0.171. The molecule has 0 aromatic heterocycles. The van der Waals surface area contributed by atoms with Crippen LogP contribution >= 0.6 is 15.9 Å². The van der Waals surface area contributed by atoms with E-state index in [0.29, 0.717) is 36.8 Å². The Bertz CT molecular complexity index is 592.